The average molecular weight is 422 g/mol. The average Bonchev–Trinajstić information content (AvgIpc) is 3.57. The Kier molecular flexibility index (Phi) is 6.24. The van der Waals surface area contributed by atoms with Gasteiger partial charge in [-0.25, -0.2) is 13.1 Å². The lowest BCUT2D eigenvalue weighted by Crippen LogP contribution is -2.59. The number of carbonyl (C=O) groups excluding carboxylic acids is 1. The van der Waals surface area contributed by atoms with Gasteiger partial charge in [0.25, 0.3) is 5.91 Å². The second-order valence-corrected chi connectivity index (χ2v) is 10.2. The van der Waals surface area contributed by atoms with Gasteiger partial charge in [0, 0.05) is 36.8 Å². The molecule has 1 heterocycles. The minimum atomic E-state index is -3.57. The maximum Gasteiger partial charge on any atom is 0.251 e. The van der Waals surface area contributed by atoms with Gasteiger partial charge in [-0.05, 0) is 43.9 Å². The van der Waals surface area contributed by atoms with Crippen LogP contribution in [0.5, 0.6) is 0 Å². The summed E-state index contributed by atoms with van der Waals surface area (Å²) >= 11 is 0. The van der Waals surface area contributed by atoms with Crippen LogP contribution in [0.4, 0.5) is 0 Å². The standard InChI is InChI=1S/C21H31N3O4S/c25-20(17-5-4-6-19(15-17)29(26,27)23-18-7-8-18)22-16-21(9-2-1-3-10-21)24-11-13-28-14-12-24/h4-6,15,18,23H,1-3,7-14,16H2,(H,22,25). The molecule has 29 heavy (non-hydrogen) atoms. The van der Waals surface area contributed by atoms with Gasteiger partial charge in [0.1, 0.15) is 0 Å². The predicted octanol–water partition coefficient (Wildman–Crippen LogP) is 1.89. The molecule has 3 aliphatic rings. The van der Waals surface area contributed by atoms with Gasteiger partial charge in [0.05, 0.1) is 18.1 Å². The Balaban J connectivity index is 1.44. The van der Waals surface area contributed by atoms with Gasteiger partial charge in [-0.1, -0.05) is 25.3 Å². The number of nitrogens with one attached hydrogen (secondary N) is 2. The van der Waals surface area contributed by atoms with E-state index in [1.165, 1.54) is 31.4 Å². The molecule has 8 heteroatoms. The first kappa shape index (κ1) is 20.8. The van der Waals surface area contributed by atoms with Crippen molar-refractivity contribution in [3.8, 4) is 0 Å². The summed E-state index contributed by atoms with van der Waals surface area (Å²) in [6, 6.07) is 6.36. The fourth-order valence-electron chi connectivity index (χ4n) is 4.49. The van der Waals surface area contributed by atoms with E-state index in [2.05, 4.69) is 14.9 Å². The molecule has 0 bridgehead atoms. The smallest absolute Gasteiger partial charge is 0.251 e. The monoisotopic (exact) mass is 421 g/mol. The maximum absolute atomic E-state index is 12.9. The molecule has 1 saturated heterocycles. The zero-order chi connectivity index (χ0) is 20.3. The predicted molar refractivity (Wildman–Crippen MR) is 110 cm³/mol. The molecule has 0 atom stereocenters. The van der Waals surface area contributed by atoms with Crippen LogP contribution >= 0.6 is 0 Å². The summed E-state index contributed by atoms with van der Waals surface area (Å²) in [6.45, 7) is 3.86. The normalized spacial score (nSPS) is 22.9. The highest BCUT2D eigenvalue weighted by Crippen LogP contribution is 2.34. The third-order valence-electron chi connectivity index (χ3n) is 6.35. The van der Waals surface area contributed by atoms with Crippen molar-refractivity contribution in [3.05, 3.63) is 29.8 Å². The minimum absolute atomic E-state index is 0.0189. The summed E-state index contributed by atoms with van der Waals surface area (Å²) in [5.41, 5.74) is 0.367. The molecule has 0 unspecified atom stereocenters. The fraction of sp³-hybridized carbons (Fsp3) is 0.667. The lowest BCUT2D eigenvalue weighted by molar-refractivity contribution is -0.0361. The van der Waals surface area contributed by atoms with Gasteiger partial charge in [0.15, 0.2) is 0 Å². The summed E-state index contributed by atoms with van der Waals surface area (Å²) in [7, 11) is -3.57. The van der Waals surface area contributed by atoms with Crippen molar-refractivity contribution in [3.63, 3.8) is 0 Å². The van der Waals surface area contributed by atoms with Gasteiger partial charge >= 0.3 is 0 Å². The lowest BCUT2D eigenvalue weighted by Gasteiger charge is -2.48. The van der Waals surface area contributed by atoms with Crippen molar-refractivity contribution in [2.75, 3.05) is 32.8 Å². The first-order valence-electron chi connectivity index (χ1n) is 10.7. The molecular weight excluding hydrogens is 390 g/mol. The number of rotatable bonds is 7. The first-order valence-corrected chi connectivity index (χ1v) is 12.2. The van der Waals surface area contributed by atoms with Crippen LogP contribution < -0.4 is 10.0 Å². The van der Waals surface area contributed by atoms with Gasteiger partial charge in [-0.3, -0.25) is 9.69 Å². The van der Waals surface area contributed by atoms with E-state index < -0.39 is 10.0 Å². The highest BCUT2D eigenvalue weighted by Gasteiger charge is 2.39. The molecule has 0 radical (unpaired) electrons. The van der Waals surface area contributed by atoms with E-state index in [0.29, 0.717) is 12.1 Å². The Morgan fingerprint density at radius 3 is 2.55 bits per heavy atom. The maximum atomic E-state index is 12.9. The van der Waals surface area contributed by atoms with Gasteiger partial charge < -0.3 is 10.1 Å². The quantitative estimate of drug-likeness (QED) is 0.702. The number of nitrogens with zero attached hydrogens (tertiary/aromatic N) is 1. The topological polar surface area (TPSA) is 87.7 Å². The molecule has 1 amide bonds. The Morgan fingerprint density at radius 1 is 1.14 bits per heavy atom. The molecule has 7 nitrogen and oxygen atoms in total. The Bertz CT molecular complexity index is 826. The zero-order valence-electron chi connectivity index (χ0n) is 16.9. The number of ether oxygens (including phenoxy) is 1. The van der Waals surface area contributed by atoms with Crippen molar-refractivity contribution < 1.29 is 17.9 Å². The van der Waals surface area contributed by atoms with E-state index in [4.69, 9.17) is 4.74 Å². The molecule has 0 spiro atoms. The third-order valence-corrected chi connectivity index (χ3v) is 7.87. The van der Waals surface area contributed by atoms with Crippen LogP contribution in [0.2, 0.25) is 0 Å². The minimum Gasteiger partial charge on any atom is -0.379 e. The molecule has 3 fully saturated rings. The lowest BCUT2D eigenvalue weighted by atomic mass is 9.79. The van der Waals surface area contributed by atoms with Crippen LogP contribution in [-0.4, -0.2) is 63.7 Å². The summed E-state index contributed by atoms with van der Waals surface area (Å²) < 4.78 is 33.1. The number of hydrogen-bond acceptors (Lipinski definition) is 5. The molecular formula is C21H31N3O4S. The molecule has 2 aliphatic carbocycles. The second-order valence-electron chi connectivity index (χ2n) is 8.49. The molecule has 1 aromatic carbocycles. The number of sulfonamides is 1. The van der Waals surface area contributed by atoms with Crippen LogP contribution in [-0.2, 0) is 14.8 Å². The summed E-state index contributed by atoms with van der Waals surface area (Å²) in [4.78, 5) is 15.5. The fourth-order valence-corrected chi connectivity index (χ4v) is 5.84. The van der Waals surface area contributed by atoms with Crippen molar-refractivity contribution in [2.45, 2.75) is 61.4 Å². The molecule has 2 N–H and O–H groups in total. The van der Waals surface area contributed by atoms with Gasteiger partial charge in [-0.15, -0.1) is 0 Å². The van der Waals surface area contributed by atoms with E-state index in [0.717, 1.165) is 52.0 Å². The highest BCUT2D eigenvalue weighted by atomic mass is 32.2. The Hall–Kier alpha value is -1.48. The van der Waals surface area contributed by atoms with E-state index >= 15 is 0 Å². The first-order chi connectivity index (χ1) is 14.0. The summed E-state index contributed by atoms with van der Waals surface area (Å²) in [5.74, 6) is -0.216. The van der Waals surface area contributed by atoms with E-state index in [1.807, 2.05) is 0 Å². The molecule has 1 aromatic rings. The zero-order valence-corrected chi connectivity index (χ0v) is 17.7. The second kappa shape index (κ2) is 8.71. The van der Waals surface area contributed by atoms with Gasteiger partial charge in [0.2, 0.25) is 10.0 Å². The Labute approximate surface area is 173 Å². The van der Waals surface area contributed by atoms with Crippen LogP contribution in [0.1, 0.15) is 55.3 Å². The highest BCUT2D eigenvalue weighted by molar-refractivity contribution is 7.89. The number of morpholine rings is 1. The van der Waals surface area contributed by atoms with Crippen molar-refractivity contribution in [1.82, 2.24) is 14.9 Å². The summed E-state index contributed by atoms with van der Waals surface area (Å²) in [6.07, 6.45) is 7.50. The van der Waals surface area contributed by atoms with Crippen LogP contribution in [0.3, 0.4) is 0 Å². The number of benzene rings is 1. The van der Waals surface area contributed by atoms with Crippen LogP contribution in [0.15, 0.2) is 29.2 Å². The van der Waals surface area contributed by atoms with Crippen molar-refractivity contribution in [1.29, 1.82) is 0 Å². The molecule has 2 saturated carbocycles. The SMILES string of the molecule is O=C(NCC1(N2CCOCC2)CCCCC1)c1cccc(S(=O)(=O)NC2CC2)c1. The third kappa shape index (κ3) is 4.99. The van der Waals surface area contributed by atoms with Crippen molar-refractivity contribution in [2.24, 2.45) is 0 Å². The summed E-state index contributed by atoms with van der Waals surface area (Å²) in [5, 5.41) is 3.10. The number of amides is 1. The van der Waals surface area contributed by atoms with Gasteiger partial charge in [-0.2, -0.15) is 0 Å². The molecule has 4 rings (SSSR count). The molecule has 0 aromatic heterocycles. The van der Waals surface area contributed by atoms with E-state index in [-0.39, 0.29) is 22.4 Å². The van der Waals surface area contributed by atoms with Crippen LogP contribution in [0, 0.1) is 0 Å². The van der Waals surface area contributed by atoms with E-state index in [9.17, 15) is 13.2 Å². The number of hydrogen-bond donors (Lipinski definition) is 2. The van der Waals surface area contributed by atoms with E-state index in [1.54, 1.807) is 12.1 Å². The Morgan fingerprint density at radius 2 is 1.86 bits per heavy atom. The van der Waals surface area contributed by atoms with Crippen LogP contribution in [0.25, 0.3) is 0 Å². The molecule has 1 aliphatic heterocycles. The molecule has 160 valence electrons. The largest absolute Gasteiger partial charge is 0.379 e. The van der Waals surface area contributed by atoms with Crippen molar-refractivity contribution >= 4 is 15.9 Å². The number of carbonyl (C=O) groups is 1.